The number of carbonyl (C=O) groups is 1. The van der Waals surface area contributed by atoms with Gasteiger partial charge in [-0.2, -0.15) is 5.10 Å². The summed E-state index contributed by atoms with van der Waals surface area (Å²) in [4.78, 5) is 16.7. The second kappa shape index (κ2) is 9.25. The van der Waals surface area contributed by atoms with Crippen LogP contribution in [0, 0.1) is 6.92 Å². The van der Waals surface area contributed by atoms with Crippen molar-refractivity contribution in [2.24, 2.45) is 0 Å². The van der Waals surface area contributed by atoms with E-state index in [0.29, 0.717) is 12.2 Å². The minimum absolute atomic E-state index is 0.0513. The number of aryl methyl sites for hydroxylation is 1. The molecule has 0 aliphatic heterocycles. The highest BCUT2D eigenvalue weighted by Crippen LogP contribution is 2.23. The number of carbonyl (C=O) groups excluding carboxylic acids is 1. The normalized spacial score (nSPS) is 11.2. The van der Waals surface area contributed by atoms with Gasteiger partial charge in [0, 0.05) is 19.2 Å². The van der Waals surface area contributed by atoms with Crippen molar-refractivity contribution in [1.29, 1.82) is 0 Å². The molecule has 1 aromatic heterocycles. The van der Waals surface area contributed by atoms with Gasteiger partial charge in [-0.1, -0.05) is 35.9 Å². The van der Waals surface area contributed by atoms with Crippen LogP contribution in [0.15, 0.2) is 90.3 Å². The summed E-state index contributed by atoms with van der Waals surface area (Å²) in [7, 11) is -2.32. The van der Waals surface area contributed by atoms with Crippen LogP contribution >= 0.6 is 0 Å². The van der Waals surface area contributed by atoms with Gasteiger partial charge in [0.05, 0.1) is 16.3 Å². The van der Waals surface area contributed by atoms with Crippen molar-refractivity contribution in [3.63, 3.8) is 0 Å². The lowest BCUT2D eigenvalue weighted by molar-refractivity contribution is 0.0950. The largest absolute Gasteiger partial charge is 0.348 e. The number of amides is 1. The van der Waals surface area contributed by atoms with E-state index < -0.39 is 10.0 Å². The van der Waals surface area contributed by atoms with Gasteiger partial charge >= 0.3 is 0 Å². The van der Waals surface area contributed by atoms with Crippen molar-refractivity contribution in [2.45, 2.75) is 18.4 Å². The highest BCUT2D eigenvalue weighted by molar-refractivity contribution is 7.92. The molecule has 0 atom stereocenters. The van der Waals surface area contributed by atoms with Crippen molar-refractivity contribution in [1.82, 2.24) is 20.1 Å². The maximum Gasteiger partial charge on any atom is 0.264 e. The van der Waals surface area contributed by atoms with Crippen molar-refractivity contribution >= 4 is 21.6 Å². The standard InChI is InChI=1S/C24H23N5O3S/c1-18-6-10-21(11-7-18)28(2)33(31,32)23-5-3-4-20(14-23)24(30)26-15-19-8-12-22(13-9-19)29-17-25-16-27-29/h3-14,16-17H,15H2,1-2H3,(H,26,30). The molecule has 0 spiro atoms. The first-order chi connectivity index (χ1) is 15.8. The molecule has 0 aliphatic rings. The predicted molar refractivity (Wildman–Crippen MR) is 126 cm³/mol. The van der Waals surface area contributed by atoms with E-state index in [9.17, 15) is 13.2 Å². The molecule has 1 N–H and O–H groups in total. The van der Waals surface area contributed by atoms with Gasteiger partial charge < -0.3 is 5.32 Å². The highest BCUT2D eigenvalue weighted by atomic mass is 32.2. The van der Waals surface area contributed by atoms with Crippen molar-refractivity contribution in [2.75, 3.05) is 11.4 Å². The molecule has 168 valence electrons. The number of anilines is 1. The van der Waals surface area contributed by atoms with Gasteiger partial charge in [0.25, 0.3) is 15.9 Å². The van der Waals surface area contributed by atoms with Crippen LogP contribution in [0.1, 0.15) is 21.5 Å². The first-order valence-electron chi connectivity index (χ1n) is 10.2. The molecule has 0 fully saturated rings. The number of sulfonamides is 1. The SMILES string of the molecule is Cc1ccc(N(C)S(=O)(=O)c2cccc(C(=O)NCc3ccc(-n4cncn4)cc3)c2)cc1. The van der Waals surface area contributed by atoms with E-state index in [4.69, 9.17) is 0 Å². The second-order valence-corrected chi connectivity index (χ2v) is 9.49. The summed E-state index contributed by atoms with van der Waals surface area (Å²) in [5, 5.41) is 6.91. The fraction of sp³-hybridized carbons (Fsp3) is 0.125. The van der Waals surface area contributed by atoms with Gasteiger partial charge in [0.1, 0.15) is 12.7 Å². The summed E-state index contributed by atoms with van der Waals surface area (Å²) in [6.45, 7) is 2.24. The van der Waals surface area contributed by atoms with Gasteiger partial charge in [-0.15, -0.1) is 0 Å². The third-order valence-corrected chi connectivity index (χ3v) is 7.01. The predicted octanol–water partition coefficient (Wildman–Crippen LogP) is 3.33. The van der Waals surface area contributed by atoms with Crippen LogP contribution in [0.5, 0.6) is 0 Å². The average molecular weight is 462 g/mol. The molecule has 33 heavy (non-hydrogen) atoms. The monoisotopic (exact) mass is 461 g/mol. The van der Waals surface area contributed by atoms with Crippen molar-refractivity contribution < 1.29 is 13.2 Å². The van der Waals surface area contributed by atoms with Crippen LogP contribution in [-0.4, -0.2) is 36.1 Å². The molecule has 3 aromatic carbocycles. The Balaban J connectivity index is 1.45. The number of benzene rings is 3. The van der Waals surface area contributed by atoms with E-state index in [1.165, 1.54) is 29.8 Å². The van der Waals surface area contributed by atoms with Crippen LogP contribution in [0.25, 0.3) is 5.69 Å². The summed E-state index contributed by atoms with van der Waals surface area (Å²) in [6, 6.07) is 20.8. The zero-order chi connectivity index (χ0) is 23.4. The molecule has 8 nitrogen and oxygen atoms in total. The number of nitrogens with one attached hydrogen (secondary N) is 1. The molecule has 1 heterocycles. The Kier molecular flexibility index (Phi) is 6.23. The summed E-state index contributed by atoms with van der Waals surface area (Å²) < 4.78 is 29.0. The van der Waals surface area contributed by atoms with Crippen LogP contribution in [-0.2, 0) is 16.6 Å². The van der Waals surface area contributed by atoms with E-state index in [-0.39, 0.29) is 16.4 Å². The molecular formula is C24H23N5O3S. The van der Waals surface area contributed by atoms with Gasteiger partial charge in [-0.05, 0) is 55.0 Å². The van der Waals surface area contributed by atoms with Gasteiger partial charge in [0.15, 0.2) is 0 Å². The molecule has 1 amide bonds. The van der Waals surface area contributed by atoms with Crippen molar-refractivity contribution in [3.05, 3.63) is 102 Å². The summed E-state index contributed by atoms with van der Waals surface area (Å²) in [5.41, 5.74) is 3.61. The molecule has 0 radical (unpaired) electrons. The van der Waals surface area contributed by atoms with Crippen LogP contribution in [0.4, 0.5) is 5.69 Å². The maximum atomic E-state index is 13.1. The molecule has 9 heteroatoms. The molecule has 0 aliphatic carbocycles. The fourth-order valence-corrected chi connectivity index (χ4v) is 4.48. The first kappa shape index (κ1) is 22.2. The Morgan fingerprint density at radius 2 is 1.76 bits per heavy atom. The third kappa shape index (κ3) is 4.93. The topological polar surface area (TPSA) is 97.2 Å². The highest BCUT2D eigenvalue weighted by Gasteiger charge is 2.22. The quantitative estimate of drug-likeness (QED) is 0.455. The Morgan fingerprint density at radius 1 is 1.03 bits per heavy atom. The molecule has 0 saturated carbocycles. The molecule has 4 aromatic rings. The summed E-state index contributed by atoms with van der Waals surface area (Å²) in [6.07, 6.45) is 3.06. The minimum atomic E-state index is -3.81. The fourth-order valence-electron chi connectivity index (χ4n) is 3.24. The van der Waals surface area contributed by atoms with Crippen LogP contribution in [0.2, 0.25) is 0 Å². The molecule has 0 saturated heterocycles. The van der Waals surface area contributed by atoms with E-state index in [1.54, 1.807) is 35.3 Å². The van der Waals surface area contributed by atoms with E-state index in [1.807, 2.05) is 43.3 Å². The number of nitrogens with zero attached hydrogens (tertiary/aromatic N) is 4. The van der Waals surface area contributed by atoms with Crippen LogP contribution in [0.3, 0.4) is 0 Å². The van der Waals surface area contributed by atoms with Crippen LogP contribution < -0.4 is 9.62 Å². The number of hydrogen-bond acceptors (Lipinski definition) is 5. The molecule has 4 rings (SSSR count). The molecular weight excluding hydrogens is 438 g/mol. The van der Waals surface area contributed by atoms with Gasteiger partial charge in [-0.3, -0.25) is 9.10 Å². The smallest absolute Gasteiger partial charge is 0.264 e. The summed E-state index contributed by atoms with van der Waals surface area (Å²) in [5.74, 6) is -0.356. The lowest BCUT2D eigenvalue weighted by atomic mass is 10.2. The summed E-state index contributed by atoms with van der Waals surface area (Å²) >= 11 is 0. The number of hydrogen-bond donors (Lipinski definition) is 1. The van der Waals surface area contributed by atoms with E-state index in [2.05, 4.69) is 15.4 Å². The molecule has 0 unspecified atom stereocenters. The Morgan fingerprint density at radius 3 is 2.42 bits per heavy atom. The van der Waals surface area contributed by atoms with Crippen molar-refractivity contribution in [3.8, 4) is 5.69 Å². The molecule has 0 bridgehead atoms. The third-order valence-electron chi connectivity index (χ3n) is 5.22. The Hall–Kier alpha value is -3.98. The maximum absolute atomic E-state index is 13.1. The lowest BCUT2D eigenvalue weighted by Gasteiger charge is -2.20. The lowest BCUT2D eigenvalue weighted by Crippen LogP contribution is -2.27. The van der Waals surface area contributed by atoms with Gasteiger partial charge in [0.2, 0.25) is 0 Å². The number of aromatic nitrogens is 3. The second-order valence-electron chi connectivity index (χ2n) is 7.53. The Labute approximate surface area is 192 Å². The minimum Gasteiger partial charge on any atom is -0.348 e. The average Bonchev–Trinajstić information content (AvgIpc) is 3.38. The first-order valence-corrected chi connectivity index (χ1v) is 11.7. The van der Waals surface area contributed by atoms with Gasteiger partial charge in [-0.25, -0.2) is 18.1 Å². The zero-order valence-electron chi connectivity index (χ0n) is 18.2. The van der Waals surface area contributed by atoms with E-state index in [0.717, 1.165) is 16.8 Å². The van der Waals surface area contributed by atoms with E-state index >= 15 is 0 Å². The zero-order valence-corrected chi connectivity index (χ0v) is 19.0. The number of rotatable bonds is 7. The Bertz CT molecular complexity index is 1350.